The van der Waals surface area contributed by atoms with Gasteiger partial charge in [0, 0.05) is 0 Å². The molecule has 94 valence electrons. The van der Waals surface area contributed by atoms with E-state index in [9.17, 15) is 5.11 Å². The van der Waals surface area contributed by atoms with Crippen LogP contribution in [0.25, 0.3) is 0 Å². The summed E-state index contributed by atoms with van der Waals surface area (Å²) >= 11 is 0. The predicted molar refractivity (Wildman–Crippen MR) is 63.0 cm³/mol. The third-order valence-corrected chi connectivity index (χ3v) is 3.17. The third-order valence-electron chi connectivity index (χ3n) is 3.17. The van der Waals surface area contributed by atoms with Gasteiger partial charge in [-0.2, -0.15) is 4.98 Å². The van der Waals surface area contributed by atoms with Gasteiger partial charge in [-0.15, -0.1) is 0 Å². The Morgan fingerprint density at radius 3 is 3.22 bits per heavy atom. The van der Waals surface area contributed by atoms with E-state index in [4.69, 9.17) is 4.74 Å². The van der Waals surface area contributed by atoms with E-state index in [-0.39, 0.29) is 12.7 Å². The summed E-state index contributed by atoms with van der Waals surface area (Å²) in [6.45, 7) is 0.290. The van der Waals surface area contributed by atoms with Crippen LogP contribution in [0.1, 0.15) is 35.9 Å². The molecule has 0 aliphatic heterocycles. The molecular formula is C13H14N2O3. The van der Waals surface area contributed by atoms with Gasteiger partial charge in [0.1, 0.15) is 5.75 Å². The number of aliphatic hydroxyl groups excluding tert-OH is 1. The zero-order chi connectivity index (χ0) is 12.4. The van der Waals surface area contributed by atoms with Gasteiger partial charge < -0.3 is 14.4 Å². The maximum atomic E-state index is 9.86. The molecule has 1 N–H and O–H groups in total. The Labute approximate surface area is 104 Å². The van der Waals surface area contributed by atoms with Gasteiger partial charge in [-0.1, -0.05) is 11.2 Å². The van der Waals surface area contributed by atoms with Gasteiger partial charge in [-0.05, 0) is 42.5 Å². The van der Waals surface area contributed by atoms with E-state index >= 15 is 0 Å². The van der Waals surface area contributed by atoms with E-state index < -0.39 is 0 Å². The normalized spacial score (nSPS) is 18.4. The quantitative estimate of drug-likeness (QED) is 0.897. The molecule has 0 bridgehead atoms. The lowest BCUT2D eigenvalue weighted by Gasteiger charge is -2.21. The van der Waals surface area contributed by atoms with Crippen LogP contribution in [-0.4, -0.2) is 15.2 Å². The molecule has 2 aromatic rings. The Hall–Kier alpha value is -1.88. The average molecular weight is 246 g/mol. The maximum absolute atomic E-state index is 9.86. The molecule has 0 saturated heterocycles. The molecule has 18 heavy (non-hydrogen) atoms. The van der Waals surface area contributed by atoms with Crippen LogP contribution in [0, 0.1) is 0 Å². The molecule has 1 aliphatic rings. The second-order valence-corrected chi connectivity index (χ2v) is 4.40. The van der Waals surface area contributed by atoms with Crippen LogP contribution in [0.5, 0.6) is 5.75 Å². The van der Waals surface area contributed by atoms with Crippen molar-refractivity contribution in [1.82, 2.24) is 10.1 Å². The molecule has 1 aromatic heterocycles. The first-order valence-corrected chi connectivity index (χ1v) is 6.02. The molecule has 5 nitrogen and oxygen atoms in total. The van der Waals surface area contributed by atoms with Crippen molar-refractivity contribution in [3.05, 3.63) is 41.5 Å². The van der Waals surface area contributed by atoms with Crippen LogP contribution in [0.3, 0.4) is 0 Å². The fraction of sp³-hybridized carbons (Fsp3) is 0.385. The van der Waals surface area contributed by atoms with Gasteiger partial charge in [-0.3, -0.25) is 0 Å². The van der Waals surface area contributed by atoms with Gasteiger partial charge >= 0.3 is 0 Å². The lowest BCUT2D eigenvalue weighted by Crippen LogP contribution is -2.09. The molecular weight excluding hydrogens is 232 g/mol. The number of aryl methyl sites for hydroxylation is 1. The number of aliphatic hydroxyl groups is 1. The minimum atomic E-state index is -0.333. The van der Waals surface area contributed by atoms with Gasteiger partial charge in [0.2, 0.25) is 12.2 Å². The highest BCUT2D eigenvalue weighted by atomic mass is 16.5. The summed E-state index contributed by atoms with van der Waals surface area (Å²) in [5.41, 5.74) is 2.19. The maximum Gasteiger partial charge on any atom is 0.213 e. The highest BCUT2D eigenvalue weighted by molar-refractivity contribution is 5.38. The topological polar surface area (TPSA) is 68.4 Å². The largest absolute Gasteiger partial charge is 0.485 e. The SMILES string of the molecule is OC1CCCc2cc(OCc3ncon3)ccc21. The summed E-state index contributed by atoms with van der Waals surface area (Å²) in [4.78, 5) is 3.89. The summed E-state index contributed by atoms with van der Waals surface area (Å²) in [5, 5.41) is 13.5. The number of rotatable bonds is 3. The van der Waals surface area contributed by atoms with E-state index in [0.717, 1.165) is 30.6 Å². The first-order chi connectivity index (χ1) is 8.83. The van der Waals surface area contributed by atoms with Gasteiger partial charge in [0.25, 0.3) is 0 Å². The Kier molecular flexibility index (Phi) is 2.98. The Balaban J connectivity index is 1.74. The molecule has 1 atom stereocenters. The van der Waals surface area contributed by atoms with Crippen molar-refractivity contribution in [2.45, 2.75) is 32.0 Å². The summed E-state index contributed by atoms with van der Waals surface area (Å²) in [5.74, 6) is 1.29. The lowest BCUT2D eigenvalue weighted by atomic mass is 9.89. The van der Waals surface area contributed by atoms with E-state index in [1.165, 1.54) is 12.0 Å². The Bertz CT molecular complexity index is 525. The van der Waals surface area contributed by atoms with Crippen molar-refractivity contribution >= 4 is 0 Å². The van der Waals surface area contributed by atoms with Crippen molar-refractivity contribution in [3.8, 4) is 5.75 Å². The second-order valence-electron chi connectivity index (χ2n) is 4.40. The smallest absolute Gasteiger partial charge is 0.213 e. The van der Waals surface area contributed by atoms with E-state index in [1.54, 1.807) is 0 Å². The molecule has 0 radical (unpaired) electrons. The number of nitrogens with zero attached hydrogens (tertiary/aromatic N) is 2. The lowest BCUT2D eigenvalue weighted by molar-refractivity contribution is 0.156. The standard InChI is InChI=1S/C13H14N2O3/c16-12-3-1-2-9-6-10(4-5-11(9)12)17-7-13-14-8-18-15-13/h4-6,8,12,16H,1-3,7H2. The van der Waals surface area contributed by atoms with Crippen LogP contribution in [0.2, 0.25) is 0 Å². The van der Waals surface area contributed by atoms with Crippen molar-refractivity contribution in [2.24, 2.45) is 0 Å². The molecule has 1 aromatic carbocycles. The Morgan fingerprint density at radius 1 is 1.44 bits per heavy atom. The molecule has 0 saturated carbocycles. The van der Waals surface area contributed by atoms with Gasteiger partial charge in [-0.25, -0.2) is 0 Å². The molecule has 1 unspecified atom stereocenters. The second kappa shape index (κ2) is 4.78. The van der Waals surface area contributed by atoms with Crippen LogP contribution < -0.4 is 4.74 Å². The molecule has 0 fully saturated rings. The van der Waals surface area contributed by atoms with E-state index in [0.29, 0.717) is 5.82 Å². The third kappa shape index (κ3) is 2.22. The predicted octanol–water partition coefficient (Wildman–Crippen LogP) is 2.02. The molecule has 1 aliphatic carbocycles. The number of aromatic nitrogens is 2. The summed E-state index contributed by atoms with van der Waals surface area (Å²) in [6.07, 6.45) is 3.80. The summed E-state index contributed by atoms with van der Waals surface area (Å²) in [6, 6.07) is 5.79. The summed E-state index contributed by atoms with van der Waals surface area (Å²) < 4.78 is 10.2. The number of fused-ring (bicyclic) bond motifs is 1. The highest BCUT2D eigenvalue weighted by Crippen LogP contribution is 2.31. The monoisotopic (exact) mass is 246 g/mol. The molecule has 0 spiro atoms. The van der Waals surface area contributed by atoms with Crippen LogP contribution >= 0.6 is 0 Å². The highest BCUT2D eigenvalue weighted by Gasteiger charge is 2.18. The van der Waals surface area contributed by atoms with Gasteiger partial charge in [0.15, 0.2) is 6.61 Å². The number of benzene rings is 1. The molecule has 1 heterocycles. The zero-order valence-electron chi connectivity index (χ0n) is 9.87. The minimum Gasteiger partial charge on any atom is -0.485 e. The summed E-state index contributed by atoms with van der Waals surface area (Å²) in [7, 11) is 0. The average Bonchev–Trinajstić information content (AvgIpc) is 2.90. The van der Waals surface area contributed by atoms with Crippen molar-refractivity contribution < 1.29 is 14.4 Å². The van der Waals surface area contributed by atoms with Crippen LogP contribution in [0.4, 0.5) is 0 Å². The van der Waals surface area contributed by atoms with Crippen LogP contribution in [0.15, 0.2) is 29.1 Å². The first-order valence-electron chi connectivity index (χ1n) is 6.02. The first kappa shape index (κ1) is 11.2. The van der Waals surface area contributed by atoms with Crippen molar-refractivity contribution in [3.63, 3.8) is 0 Å². The number of hydrogen-bond donors (Lipinski definition) is 1. The number of hydrogen-bond acceptors (Lipinski definition) is 5. The van der Waals surface area contributed by atoms with Crippen LogP contribution in [-0.2, 0) is 13.0 Å². The van der Waals surface area contributed by atoms with E-state index in [2.05, 4.69) is 14.7 Å². The molecule has 0 amide bonds. The number of ether oxygens (including phenoxy) is 1. The van der Waals surface area contributed by atoms with Crippen molar-refractivity contribution in [1.29, 1.82) is 0 Å². The Morgan fingerprint density at radius 2 is 2.39 bits per heavy atom. The molecule has 3 rings (SSSR count). The minimum absolute atomic E-state index is 0.290. The van der Waals surface area contributed by atoms with E-state index in [1.807, 2.05) is 18.2 Å². The van der Waals surface area contributed by atoms with Gasteiger partial charge in [0.05, 0.1) is 6.10 Å². The molecule has 5 heteroatoms. The zero-order valence-corrected chi connectivity index (χ0v) is 9.87. The fourth-order valence-electron chi connectivity index (χ4n) is 2.26. The fourth-order valence-corrected chi connectivity index (χ4v) is 2.26. The van der Waals surface area contributed by atoms with Crippen molar-refractivity contribution in [2.75, 3.05) is 0 Å².